The Morgan fingerprint density at radius 3 is 2.74 bits per heavy atom. The molecule has 0 amide bonds. The Hall–Kier alpha value is -2.03. The highest BCUT2D eigenvalue weighted by molar-refractivity contribution is 14.1. The highest BCUT2D eigenvalue weighted by Crippen LogP contribution is 2.28. The number of benzene rings is 1. The van der Waals surface area contributed by atoms with Gasteiger partial charge >= 0.3 is 11.7 Å². The molecule has 9 nitrogen and oxygen atoms in total. The average molecular weight is 596 g/mol. The van der Waals surface area contributed by atoms with E-state index in [1.807, 2.05) is 0 Å². The van der Waals surface area contributed by atoms with E-state index in [0.29, 0.717) is 12.4 Å². The van der Waals surface area contributed by atoms with Crippen molar-refractivity contribution in [1.29, 1.82) is 0 Å². The molecule has 0 aliphatic carbocycles. The van der Waals surface area contributed by atoms with Crippen molar-refractivity contribution in [2.45, 2.75) is 6.92 Å². The van der Waals surface area contributed by atoms with Crippen LogP contribution in [0.3, 0.4) is 0 Å². The summed E-state index contributed by atoms with van der Waals surface area (Å²) in [6.45, 7) is 1.86. The summed E-state index contributed by atoms with van der Waals surface area (Å²) in [5, 5.41) is 15.0. The van der Waals surface area contributed by atoms with E-state index >= 15 is 0 Å². The largest absolute Gasteiger partial charge is 0.480 e. The Morgan fingerprint density at radius 2 is 2.11 bits per heavy atom. The molecule has 0 unspecified atom stereocenters. The van der Waals surface area contributed by atoms with Crippen molar-refractivity contribution in [1.82, 2.24) is 4.98 Å². The fraction of sp³-hybridized carbons (Fsp3) is 0.188. The van der Waals surface area contributed by atoms with E-state index < -0.39 is 10.9 Å². The zero-order chi connectivity index (χ0) is 19.8. The number of hydrogen-bond acceptors (Lipinski definition) is 8. The van der Waals surface area contributed by atoms with Crippen LogP contribution in [0.2, 0.25) is 0 Å². The van der Waals surface area contributed by atoms with Gasteiger partial charge in [0.2, 0.25) is 5.82 Å². The number of rotatable bonds is 8. The predicted octanol–water partition coefficient (Wildman–Crippen LogP) is 3.59. The number of hydrogen-bond donors (Lipinski definition) is 1. The van der Waals surface area contributed by atoms with Crippen molar-refractivity contribution in [2.75, 3.05) is 18.6 Å². The molecular formula is C16H14I2N4O5. The summed E-state index contributed by atoms with van der Waals surface area (Å²) in [5.41, 5.74) is 3.15. The lowest BCUT2D eigenvalue weighted by atomic mass is 10.2. The van der Waals surface area contributed by atoms with Crippen LogP contribution >= 0.6 is 45.2 Å². The first-order chi connectivity index (χ1) is 12.9. The van der Waals surface area contributed by atoms with Gasteiger partial charge in [-0.15, -0.1) is 0 Å². The highest BCUT2D eigenvalue weighted by atomic mass is 127. The second-order valence-electron chi connectivity index (χ2n) is 4.91. The van der Waals surface area contributed by atoms with Crippen LogP contribution < -0.4 is 10.2 Å². The molecule has 0 saturated heterocycles. The standard InChI is InChI=1S/C16H14I2N4O5/c1-2-26-14(23)9-27-15-11(17)6-10(7-12(15)18)8-20-21-16-13(22(24)25)4-3-5-19-16/h3-8H,2,9H2,1H3,(H,19,21)/b20-8-. The van der Waals surface area contributed by atoms with Crippen LogP contribution in [0.5, 0.6) is 5.75 Å². The number of nitro groups is 1. The van der Waals surface area contributed by atoms with Crippen molar-refractivity contribution in [3.8, 4) is 5.75 Å². The lowest BCUT2D eigenvalue weighted by molar-refractivity contribution is -0.384. The molecule has 142 valence electrons. The number of hydrazone groups is 1. The number of anilines is 1. The third-order valence-electron chi connectivity index (χ3n) is 3.03. The van der Waals surface area contributed by atoms with Crippen molar-refractivity contribution >= 4 is 68.9 Å². The molecule has 2 rings (SSSR count). The maximum absolute atomic E-state index is 11.4. The number of carbonyl (C=O) groups is 1. The Labute approximate surface area is 182 Å². The van der Waals surface area contributed by atoms with Crippen LogP contribution in [0.15, 0.2) is 35.6 Å². The molecule has 0 saturated carbocycles. The number of nitrogens with one attached hydrogen (secondary N) is 1. The quantitative estimate of drug-likeness (QED) is 0.163. The fourth-order valence-electron chi connectivity index (χ4n) is 1.92. The van der Waals surface area contributed by atoms with Crippen molar-refractivity contribution in [2.24, 2.45) is 5.10 Å². The second-order valence-corrected chi connectivity index (χ2v) is 7.23. The van der Waals surface area contributed by atoms with Gasteiger partial charge in [-0.2, -0.15) is 5.10 Å². The normalized spacial score (nSPS) is 10.6. The molecule has 27 heavy (non-hydrogen) atoms. The zero-order valence-electron chi connectivity index (χ0n) is 14.0. The average Bonchev–Trinajstić information content (AvgIpc) is 2.61. The van der Waals surface area contributed by atoms with Gasteiger partial charge in [-0.25, -0.2) is 9.78 Å². The number of nitrogens with zero attached hydrogens (tertiary/aromatic N) is 3. The van der Waals surface area contributed by atoms with E-state index in [4.69, 9.17) is 9.47 Å². The number of ether oxygens (including phenoxy) is 2. The van der Waals surface area contributed by atoms with Gasteiger partial charge in [-0.1, -0.05) is 0 Å². The summed E-state index contributed by atoms with van der Waals surface area (Å²) in [5.74, 6) is 0.197. The maximum atomic E-state index is 11.4. The van der Waals surface area contributed by atoms with E-state index in [9.17, 15) is 14.9 Å². The summed E-state index contributed by atoms with van der Waals surface area (Å²) in [4.78, 5) is 25.7. The number of halogens is 2. The van der Waals surface area contributed by atoms with Crippen LogP contribution in [0.1, 0.15) is 12.5 Å². The van der Waals surface area contributed by atoms with Crippen LogP contribution in [0, 0.1) is 17.3 Å². The number of pyridine rings is 1. The van der Waals surface area contributed by atoms with Gasteiger partial charge in [-0.05, 0) is 75.9 Å². The third-order valence-corrected chi connectivity index (χ3v) is 4.63. The first-order valence-electron chi connectivity index (χ1n) is 7.58. The minimum absolute atomic E-state index is 0.0533. The lowest BCUT2D eigenvalue weighted by Gasteiger charge is -2.10. The topological polar surface area (TPSA) is 116 Å². The van der Waals surface area contributed by atoms with E-state index in [1.54, 1.807) is 19.1 Å². The van der Waals surface area contributed by atoms with E-state index in [-0.39, 0.29) is 18.1 Å². The molecule has 0 bridgehead atoms. The highest BCUT2D eigenvalue weighted by Gasteiger charge is 2.13. The Bertz CT molecular complexity index is 853. The second kappa shape index (κ2) is 10.3. The lowest BCUT2D eigenvalue weighted by Crippen LogP contribution is -2.15. The van der Waals surface area contributed by atoms with Gasteiger partial charge in [-0.3, -0.25) is 15.5 Å². The first-order valence-corrected chi connectivity index (χ1v) is 9.74. The van der Waals surface area contributed by atoms with Crippen LogP contribution in [-0.4, -0.2) is 35.3 Å². The third kappa shape index (κ3) is 6.27. The Morgan fingerprint density at radius 1 is 1.41 bits per heavy atom. The van der Waals surface area contributed by atoms with Crippen molar-refractivity contribution < 1.29 is 19.2 Å². The van der Waals surface area contributed by atoms with Crippen molar-refractivity contribution in [3.63, 3.8) is 0 Å². The van der Waals surface area contributed by atoms with E-state index in [0.717, 1.165) is 12.7 Å². The summed E-state index contributed by atoms with van der Waals surface area (Å²) < 4.78 is 11.9. The molecule has 11 heteroatoms. The van der Waals surface area contributed by atoms with Gasteiger partial charge in [0.05, 0.1) is 24.9 Å². The molecule has 1 aromatic carbocycles. The number of carbonyl (C=O) groups excluding carboxylic acids is 1. The molecule has 0 radical (unpaired) electrons. The molecule has 0 spiro atoms. The molecule has 1 N–H and O–H groups in total. The summed E-state index contributed by atoms with van der Waals surface area (Å²) >= 11 is 4.18. The zero-order valence-corrected chi connectivity index (χ0v) is 18.3. The number of esters is 1. The monoisotopic (exact) mass is 596 g/mol. The van der Waals surface area contributed by atoms with Gasteiger partial charge < -0.3 is 9.47 Å². The molecule has 0 aliphatic heterocycles. The molecule has 1 aromatic heterocycles. The minimum Gasteiger partial charge on any atom is -0.480 e. The molecule has 0 atom stereocenters. The van der Waals surface area contributed by atoms with Crippen LogP contribution in [0.25, 0.3) is 0 Å². The Balaban J connectivity index is 2.09. The fourth-order valence-corrected chi connectivity index (χ4v) is 4.05. The van der Waals surface area contributed by atoms with E-state index in [1.165, 1.54) is 24.5 Å². The number of aromatic nitrogens is 1. The molecule has 0 aliphatic rings. The first kappa shape index (κ1) is 21.3. The predicted molar refractivity (Wildman–Crippen MR) is 116 cm³/mol. The van der Waals surface area contributed by atoms with Crippen molar-refractivity contribution in [3.05, 3.63) is 53.3 Å². The summed E-state index contributed by atoms with van der Waals surface area (Å²) in [6, 6.07) is 6.43. The molecule has 0 fully saturated rings. The summed E-state index contributed by atoms with van der Waals surface area (Å²) in [6.07, 6.45) is 2.95. The van der Waals surface area contributed by atoms with Gasteiger partial charge in [0, 0.05) is 12.3 Å². The Kier molecular flexibility index (Phi) is 8.15. The molecule has 2 aromatic rings. The minimum atomic E-state index is -0.535. The smallest absolute Gasteiger partial charge is 0.344 e. The van der Waals surface area contributed by atoms with E-state index in [2.05, 4.69) is 60.7 Å². The SMILES string of the molecule is CCOC(=O)COc1c(I)cc(/C=N\Nc2ncccc2[N+](=O)[O-])cc1I. The molecule has 1 heterocycles. The maximum Gasteiger partial charge on any atom is 0.344 e. The summed E-state index contributed by atoms with van der Waals surface area (Å²) in [7, 11) is 0. The van der Waals surface area contributed by atoms with Crippen LogP contribution in [0.4, 0.5) is 11.5 Å². The van der Waals surface area contributed by atoms with Gasteiger partial charge in [0.15, 0.2) is 6.61 Å². The van der Waals surface area contributed by atoms with Crippen LogP contribution in [-0.2, 0) is 9.53 Å². The molecular weight excluding hydrogens is 582 g/mol. The van der Waals surface area contributed by atoms with Gasteiger partial charge in [0.1, 0.15) is 5.75 Å². The van der Waals surface area contributed by atoms with Gasteiger partial charge in [0.25, 0.3) is 0 Å².